The third kappa shape index (κ3) is 5.83. The molecule has 6 heteroatoms. The predicted octanol–water partition coefficient (Wildman–Crippen LogP) is 1.94. The van der Waals surface area contributed by atoms with Crippen molar-refractivity contribution in [2.75, 3.05) is 18.4 Å². The van der Waals surface area contributed by atoms with Crippen molar-refractivity contribution in [3.8, 4) is 0 Å². The second-order valence-corrected chi connectivity index (χ2v) is 5.48. The fourth-order valence-corrected chi connectivity index (χ4v) is 1.95. The second-order valence-electron chi connectivity index (χ2n) is 5.48. The van der Waals surface area contributed by atoms with Gasteiger partial charge in [0.25, 0.3) is 0 Å². The Morgan fingerprint density at radius 1 is 1.29 bits per heavy atom. The summed E-state index contributed by atoms with van der Waals surface area (Å²) in [5, 5.41) is 21.4. The first-order chi connectivity index (χ1) is 9.73. The van der Waals surface area contributed by atoms with E-state index in [1.54, 1.807) is 38.1 Å². The van der Waals surface area contributed by atoms with Gasteiger partial charge in [-0.2, -0.15) is 0 Å². The van der Waals surface area contributed by atoms with Gasteiger partial charge in [0.2, 0.25) is 0 Å². The third-order valence-electron chi connectivity index (χ3n) is 2.85. The minimum atomic E-state index is -0.992. The predicted molar refractivity (Wildman–Crippen MR) is 80.3 cm³/mol. The van der Waals surface area contributed by atoms with Crippen molar-refractivity contribution in [2.24, 2.45) is 0 Å². The highest BCUT2D eigenvalue weighted by Crippen LogP contribution is 2.17. The molecule has 2 amide bonds. The molecule has 0 saturated heterocycles. The SMILES string of the molecule is CCN(CC(C)(C)O)C(=O)Nc1ccccc1CC(=O)O. The van der Waals surface area contributed by atoms with Crippen molar-refractivity contribution in [3.63, 3.8) is 0 Å². The lowest BCUT2D eigenvalue weighted by Gasteiger charge is -2.28. The van der Waals surface area contributed by atoms with Gasteiger partial charge in [-0.15, -0.1) is 0 Å². The standard InChI is InChI=1S/C15H22N2O4/c1-4-17(10-15(2,3)21)14(20)16-12-8-6-5-7-11(12)9-13(18)19/h5-8,21H,4,9-10H2,1-3H3,(H,16,20)(H,18,19). The number of carbonyl (C=O) groups excluding carboxylic acids is 1. The smallest absolute Gasteiger partial charge is 0.321 e. The average molecular weight is 294 g/mol. The Morgan fingerprint density at radius 2 is 1.90 bits per heavy atom. The summed E-state index contributed by atoms with van der Waals surface area (Å²) >= 11 is 0. The van der Waals surface area contributed by atoms with Gasteiger partial charge < -0.3 is 20.4 Å². The summed E-state index contributed by atoms with van der Waals surface area (Å²) in [4.78, 5) is 24.5. The molecule has 1 aromatic carbocycles. The van der Waals surface area contributed by atoms with Crippen molar-refractivity contribution in [1.29, 1.82) is 0 Å². The van der Waals surface area contributed by atoms with Crippen LogP contribution in [-0.2, 0) is 11.2 Å². The summed E-state index contributed by atoms with van der Waals surface area (Å²) in [5.74, 6) is -0.958. The quantitative estimate of drug-likeness (QED) is 0.748. The van der Waals surface area contributed by atoms with Crippen LogP contribution < -0.4 is 5.32 Å². The molecule has 0 aliphatic heterocycles. The maximum absolute atomic E-state index is 12.2. The molecule has 0 aliphatic carbocycles. The Hall–Kier alpha value is -2.08. The molecular weight excluding hydrogens is 272 g/mol. The van der Waals surface area contributed by atoms with Gasteiger partial charge in [0.05, 0.1) is 18.6 Å². The second kappa shape index (κ2) is 7.08. The van der Waals surface area contributed by atoms with Crippen LogP contribution in [0.25, 0.3) is 0 Å². The van der Waals surface area contributed by atoms with Crippen molar-refractivity contribution >= 4 is 17.7 Å². The molecule has 6 nitrogen and oxygen atoms in total. The molecule has 3 N–H and O–H groups in total. The average Bonchev–Trinajstić information content (AvgIpc) is 2.36. The largest absolute Gasteiger partial charge is 0.481 e. The number of carboxylic acid groups (broad SMARTS) is 1. The van der Waals surface area contributed by atoms with Crippen LogP contribution in [0.2, 0.25) is 0 Å². The molecule has 1 aromatic rings. The van der Waals surface area contributed by atoms with Gasteiger partial charge in [-0.1, -0.05) is 18.2 Å². The van der Waals surface area contributed by atoms with Gasteiger partial charge in [-0.05, 0) is 32.4 Å². The number of para-hydroxylation sites is 1. The van der Waals surface area contributed by atoms with Crippen LogP contribution in [0.1, 0.15) is 26.3 Å². The van der Waals surface area contributed by atoms with E-state index in [9.17, 15) is 14.7 Å². The highest BCUT2D eigenvalue weighted by atomic mass is 16.4. The summed E-state index contributed by atoms with van der Waals surface area (Å²) in [5.41, 5.74) is 0.0188. The topological polar surface area (TPSA) is 89.9 Å². The van der Waals surface area contributed by atoms with Gasteiger partial charge in [-0.25, -0.2) is 4.79 Å². The van der Waals surface area contributed by atoms with E-state index in [4.69, 9.17) is 5.11 Å². The van der Waals surface area contributed by atoms with Gasteiger partial charge in [-0.3, -0.25) is 4.79 Å². The fraction of sp³-hybridized carbons (Fsp3) is 0.467. The van der Waals surface area contributed by atoms with E-state index in [1.165, 1.54) is 4.90 Å². The molecule has 0 atom stereocenters. The highest BCUT2D eigenvalue weighted by molar-refractivity contribution is 5.91. The normalized spacial score (nSPS) is 11.0. The molecule has 0 radical (unpaired) electrons. The number of nitrogens with zero attached hydrogens (tertiary/aromatic N) is 1. The Balaban J connectivity index is 2.84. The zero-order valence-corrected chi connectivity index (χ0v) is 12.6. The Labute approximate surface area is 124 Å². The number of amides is 2. The van der Waals surface area contributed by atoms with Crippen LogP contribution in [0, 0.1) is 0 Å². The summed E-state index contributed by atoms with van der Waals surface area (Å²) in [6, 6.07) is 6.41. The molecule has 0 bridgehead atoms. The first kappa shape index (κ1) is 17.0. The lowest BCUT2D eigenvalue weighted by atomic mass is 10.1. The van der Waals surface area contributed by atoms with Crippen LogP contribution in [0.15, 0.2) is 24.3 Å². The number of rotatable bonds is 6. The van der Waals surface area contributed by atoms with Gasteiger partial charge in [0, 0.05) is 12.2 Å². The number of hydrogen-bond acceptors (Lipinski definition) is 3. The van der Waals surface area contributed by atoms with Crippen molar-refractivity contribution in [2.45, 2.75) is 32.8 Å². The maximum atomic E-state index is 12.2. The van der Waals surface area contributed by atoms with E-state index < -0.39 is 11.6 Å². The van der Waals surface area contributed by atoms with Crippen LogP contribution in [0.3, 0.4) is 0 Å². The van der Waals surface area contributed by atoms with Gasteiger partial charge >= 0.3 is 12.0 Å². The highest BCUT2D eigenvalue weighted by Gasteiger charge is 2.21. The zero-order chi connectivity index (χ0) is 16.0. The van der Waals surface area contributed by atoms with Crippen molar-refractivity contribution < 1.29 is 19.8 Å². The summed E-state index contributed by atoms with van der Waals surface area (Å²) in [6.07, 6.45) is -0.159. The van der Waals surface area contributed by atoms with Crippen molar-refractivity contribution in [3.05, 3.63) is 29.8 Å². The molecule has 0 heterocycles. The number of likely N-dealkylation sites (N-methyl/N-ethyl adjacent to an activating group) is 1. The summed E-state index contributed by atoms with van der Waals surface area (Å²) < 4.78 is 0. The van der Waals surface area contributed by atoms with E-state index in [0.717, 1.165) is 0 Å². The number of hydrogen-bond donors (Lipinski definition) is 3. The summed E-state index contributed by atoms with van der Waals surface area (Å²) in [7, 11) is 0. The lowest BCUT2D eigenvalue weighted by Crippen LogP contribution is -2.44. The van der Waals surface area contributed by atoms with Crippen LogP contribution >= 0.6 is 0 Å². The molecule has 116 valence electrons. The first-order valence-corrected chi connectivity index (χ1v) is 6.81. The number of anilines is 1. The third-order valence-corrected chi connectivity index (χ3v) is 2.85. The number of urea groups is 1. The Morgan fingerprint density at radius 3 is 2.43 bits per heavy atom. The molecule has 21 heavy (non-hydrogen) atoms. The number of carbonyl (C=O) groups is 2. The molecule has 0 aromatic heterocycles. The van der Waals surface area contributed by atoms with Crippen LogP contribution in [0.4, 0.5) is 10.5 Å². The summed E-state index contributed by atoms with van der Waals surface area (Å²) in [6.45, 7) is 5.70. The fourth-order valence-electron chi connectivity index (χ4n) is 1.95. The van der Waals surface area contributed by atoms with Crippen molar-refractivity contribution in [1.82, 2.24) is 4.90 Å². The van der Waals surface area contributed by atoms with Gasteiger partial charge in [0.1, 0.15) is 0 Å². The maximum Gasteiger partial charge on any atom is 0.321 e. The van der Waals surface area contributed by atoms with E-state index >= 15 is 0 Å². The van der Waals surface area contributed by atoms with E-state index in [0.29, 0.717) is 17.8 Å². The lowest BCUT2D eigenvalue weighted by molar-refractivity contribution is -0.136. The van der Waals surface area contributed by atoms with E-state index in [2.05, 4.69) is 5.32 Å². The van der Waals surface area contributed by atoms with E-state index in [1.807, 2.05) is 6.92 Å². The number of carboxylic acids is 1. The first-order valence-electron chi connectivity index (χ1n) is 6.81. The number of nitrogens with one attached hydrogen (secondary N) is 1. The van der Waals surface area contributed by atoms with E-state index in [-0.39, 0.29) is 19.0 Å². The minimum absolute atomic E-state index is 0.159. The number of aliphatic carboxylic acids is 1. The molecule has 0 aliphatic rings. The Bertz CT molecular complexity index is 509. The Kier molecular flexibility index (Phi) is 5.72. The molecular formula is C15H22N2O4. The zero-order valence-electron chi connectivity index (χ0n) is 12.6. The number of aliphatic hydroxyl groups is 1. The van der Waals surface area contributed by atoms with Crippen LogP contribution in [0.5, 0.6) is 0 Å². The monoisotopic (exact) mass is 294 g/mol. The van der Waals surface area contributed by atoms with Crippen LogP contribution in [-0.4, -0.2) is 45.8 Å². The minimum Gasteiger partial charge on any atom is -0.481 e. The molecule has 0 fully saturated rings. The van der Waals surface area contributed by atoms with Gasteiger partial charge in [0.15, 0.2) is 0 Å². The molecule has 0 spiro atoms. The molecule has 0 saturated carbocycles. The molecule has 0 unspecified atom stereocenters. The number of benzene rings is 1. The molecule has 1 rings (SSSR count).